The summed E-state index contributed by atoms with van der Waals surface area (Å²) in [6.07, 6.45) is 2.19. The van der Waals surface area contributed by atoms with E-state index in [4.69, 9.17) is 10.5 Å². The predicted molar refractivity (Wildman–Crippen MR) is 116 cm³/mol. The summed E-state index contributed by atoms with van der Waals surface area (Å²) in [4.78, 5) is 0. The van der Waals surface area contributed by atoms with Crippen molar-refractivity contribution in [2.24, 2.45) is 5.73 Å². The number of nitriles is 1. The molecule has 28 heavy (non-hydrogen) atoms. The summed E-state index contributed by atoms with van der Waals surface area (Å²) in [5.41, 5.74) is 12.9. The lowest BCUT2D eigenvalue weighted by molar-refractivity contribution is 0.358. The monoisotopic (exact) mass is 375 g/mol. The molecule has 0 radical (unpaired) electrons. The maximum absolute atomic E-state index is 9.79. The number of rotatable bonds is 7. The molecule has 0 fully saturated rings. The number of nitrogens with two attached hydrogens (primary N) is 1. The first kappa shape index (κ1) is 20.0. The molecule has 2 aromatic carbocycles. The maximum Gasteiger partial charge on any atom is 0.131 e. The fraction of sp³-hybridized carbons (Fsp3) is 0.375. The second-order valence-corrected chi connectivity index (χ2v) is 7.67. The van der Waals surface area contributed by atoms with Crippen molar-refractivity contribution in [2.75, 3.05) is 11.9 Å². The minimum Gasteiger partial charge on any atom is -0.492 e. The fourth-order valence-electron chi connectivity index (χ4n) is 3.63. The molecule has 146 valence electrons. The molecule has 1 unspecified atom stereocenters. The normalized spacial score (nSPS) is 13.6. The highest BCUT2D eigenvalue weighted by Crippen LogP contribution is 2.42. The van der Waals surface area contributed by atoms with Gasteiger partial charge in [-0.15, -0.1) is 0 Å². The Morgan fingerprint density at radius 3 is 2.64 bits per heavy atom. The number of hydrogen-bond acceptors (Lipinski definition) is 4. The van der Waals surface area contributed by atoms with E-state index in [2.05, 4.69) is 63.0 Å². The van der Waals surface area contributed by atoms with Gasteiger partial charge in [0.1, 0.15) is 11.8 Å². The highest BCUT2D eigenvalue weighted by molar-refractivity contribution is 5.81. The number of fused-ring (bicyclic) bond motifs is 1. The summed E-state index contributed by atoms with van der Waals surface area (Å²) in [7, 11) is 0. The molecule has 0 aromatic heterocycles. The molecule has 0 saturated heterocycles. The van der Waals surface area contributed by atoms with Crippen LogP contribution in [0, 0.1) is 11.3 Å². The van der Waals surface area contributed by atoms with Crippen molar-refractivity contribution in [3.05, 3.63) is 59.2 Å². The van der Waals surface area contributed by atoms with Crippen molar-refractivity contribution >= 4 is 5.69 Å². The molecule has 1 heterocycles. The third-order valence-electron chi connectivity index (χ3n) is 5.30. The lowest BCUT2D eigenvalue weighted by Crippen LogP contribution is -2.31. The molecule has 1 atom stereocenters. The minimum absolute atomic E-state index is 0.386. The summed E-state index contributed by atoms with van der Waals surface area (Å²) < 4.78 is 5.92. The number of nitrogens with zero attached hydrogens (tertiary/aromatic N) is 1. The molecule has 1 aliphatic rings. The molecule has 3 N–H and O–H groups in total. The zero-order valence-corrected chi connectivity index (χ0v) is 17.0. The van der Waals surface area contributed by atoms with Gasteiger partial charge in [0.05, 0.1) is 24.0 Å². The fourth-order valence-corrected chi connectivity index (χ4v) is 3.63. The van der Waals surface area contributed by atoms with E-state index in [1.165, 1.54) is 5.56 Å². The first-order chi connectivity index (χ1) is 13.5. The van der Waals surface area contributed by atoms with Gasteiger partial charge in [0.2, 0.25) is 0 Å². The Morgan fingerprint density at radius 2 is 2.04 bits per heavy atom. The Balaban J connectivity index is 2.05. The van der Waals surface area contributed by atoms with Crippen LogP contribution < -0.4 is 15.8 Å². The quantitative estimate of drug-likeness (QED) is 0.506. The Kier molecular flexibility index (Phi) is 6.06. The Bertz CT molecular complexity index is 907. The van der Waals surface area contributed by atoms with Gasteiger partial charge in [-0.3, -0.25) is 0 Å². The molecule has 3 rings (SSSR count). The van der Waals surface area contributed by atoms with E-state index in [0.717, 1.165) is 53.0 Å². The smallest absolute Gasteiger partial charge is 0.131 e. The van der Waals surface area contributed by atoms with Gasteiger partial charge in [0.25, 0.3) is 0 Å². The molecule has 2 aromatic rings. The van der Waals surface area contributed by atoms with E-state index in [-0.39, 0.29) is 6.17 Å². The van der Waals surface area contributed by atoms with Crippen LogP contribution in [0.2, 0.25) is 0 Å². The molecule has 0 saturated carbocycles. The average molecular weight is 376 g/mol. The highest BCUT2D eigenvalue weighted by atomic mass is 16.5. The SMILES string of the molecule is C=C(CCC)C(N)Nc1cc(-c2ccc(C(C)C)cc2)c2c(c1C#N)CCO2. The van der Waals surface area contributed by atoms with E-state index < -0.39 is 0 Å². The second-order valence-electron chi connectivity index (χ2n) is 7.67. The van der Waals surface area contributed by atoms with Gasteiger partial charge < -0.3 is 15.8 Å². The number of ether oxygens (including phenoxy) is 1. The van der Waals surface area contributed by atoms with Crippen molar-refractivity contribution in [1.29, 1.82) is 5.26 Å². The van der Waals surface area contributed by atoms with Crippen LogP contribution in [-0.2, 0) is 6.42 Å². The van der Waals surface area contributed by atoms with Crippen LogP contribution in [0.5, 0.6) is 5.75 Å². The summed E-state index contributed by atoms with van der Waals surface area (Å²) >= 11 is 0. The van der Waals surface area contributed by atoms with E-state index >= 15 is 0 Å². The molecule has 0 aliphatic carbocycles. The second kappa shape index (κ2) is 8.50. The van der Waals surface area contributed by atoms with Crippen LogP contribution >= 0.6 is 0 Å². The van der Waals surface area contributed by atoms with E-state index in [9.17, 15) is 5.26 Å². The minimum atomic E-state index is -0.386. The van der Waals surface area contributed by atoms with Gasteiger partial charge in [-0.25, -0.2) is 0 Å². The summed E-state index contributed by atoms with van der Waals surface area (Å²) in [5, 5.41) is 13.1. The molecule has 1 aliphatic heterocycles. The van der Waals surface area contributed by atoms with Crippen LogP contribution in [-0.4, -0.2) is 12.8 Å². The maximum atomic E-state index is 9.79. The van der Waals surface area contributed by atoms with Crippen LogP contribution in [0.1, 0.15) is 56.2 Å². The first-order valence-electron chi connectivity index (χ1n) is 9.99. The number of hydrogen-bond donors (Lipinski definition) is 2. The van der Waals surface area contributed by atoms with Crippen LogP contribution in [0.25, 0.3) is 11.1 Å². The Morgan fingerprint density at radius 1 is 1.32 bits per heavy atom. The van der Waals surface area contributed by atoms with E-state index in [1.54, 1.807) is 0 Å². The largest absolute Gasteiger partial charge is 0.492 e. The molecular formula is C24H29N3O. The molecule has 0 spiro atoms. The first-order valence-corrected chi connectivity index (χ1v) is 9.99. The van der Waals surface area contributed by atoms with E-state index in [1.807, 2.05) is 6.07 Å². The third-order valence-corrected chi connectivity index (χ3v) is 5.30. The number of anilines is 1. The number of benzene rings is 2. The van der Waals surface area contributed by atoms with Crippen LogP contribution in [0.3, 0.4) is 0 Å². The van der Waals surface area contributed by atoms with Crippen LogP contribution in [0.15, 0.2) is 42.5 Å². The van der Waals surface area contributed by atoms with Gasteiger partial charge in [-0.05, 0) is 35.1 Å². The molecule has 4 heteroatoms. The van der Waals surface area contributed by atoms with Crippen molar-refractivity contribution in [2.45, 2.75) is 52.1 Å². The predicted octanol–water partition coefficient (Wildman–Crippen LogP) is 5.34. The van der Waals surface area contributed by atoms with E-state index in [0.29, 0.717) is 18.1 Å². The van der Waals surface area contributed by atoms with Gasteiger partial charge in [0, 0.05) is 17.5 Å². The van der Waals surface area contributed by atoms with Gasteiger partial charge in [0.15, 0.2) is 0 Å². The highest BCUT2D eigenvalue weighted by Gasteiger charge is 2.25. The topological polar surface area (TPSA) is 71.1 Å². The summed E-state index contributed by atoms with van der Waals surface area (Å²) in [5.74, 6) is 1.30. The third kappa shape index (κ3) is 3.90. The Hall–Kier alpha value is -2.77. The average Bonchev–Trinajstić information content (AvgIpc) is 3.17. The van der Waals surface area contributed by atoms with Crippen LogP contribution in [0.4, 0.5) is 5.69 Å². The lowest BCUT2D eigenvalue weighted by Gasteiger charge is -2.21. The number of nitrogens with one attached hydrogen (secondary N) is 1. The summed E-state index contributed by atoms with van der Waals surface area (Å²) in [6.45, 7) is 11.1. The molecule has 0 bridgehead atoms. The van der Waals surface area contributed by atoms with Gasteiger partial charge in [-0.2, -0.15) is 5.26 Å². The van der Waals surface area contributed by atoms with Gasteiger partial charge in [-0.1, -0.05) is 58.0 Å². The lowest BCUT2D eigenvalue weighted by atomic mass is 9.93. The van der Waals surface area contributed by atoms with Crippen molar-refractivity contribution in [1.82, 2.24) is 0 Å². The molecular weight excluding hydrogens is 346 g/mol. The zero-order chi connectivity index (χ0) is 20.3. The van der Waals surface area contributed by atoms with Crippen molar-refractivity contribution < 1.29 is 4.74 Å². The molecule has 4 nitrogen and oxygen atoms in total. The Labute approximate surface area is 168 Å². The van der Waals surface area contributed by atoms with Crippen molar-refractivity contribution in [3.63, 3.8) is 0 Å². The zero-order valence-electron chi connectivity index (χ0n) is 17.0. The molecule has 0 amide bonds. The standard InChI is InChI=1S/C24H29N3O/c1-5-6-16(4)24(26)27-22-13-20(18-9-7-17(8-10-18)15(2)3)23-19(11-12-28-23)21(22)14-25/h7-10,13,15,24,27H,4-6,11-12,26H2,1-3H3. The van der Waals surface area contributed by atoms with Gasteiger partial charge >= 0.3 is 0 Å². The van der Waals surface area contributed by atoms with Crippen molar-refractivity contribution in [3.8, 4) is 22.9 Å². The summed E-state index contributed by atoms with van der Waals surface area (Å²) in [6, 6.07) is 12.9.